The molecule has 180 valence electrons. The van der Waals surface area contributed by atoms with E-state index in [0.29, 0.717) is 5.69 Å². The van der Waals surface area contributed by atoms with E-state index in [-0.39, 0.29) is 24.9 Å². The van der Waals surface area contributed by atoms with Crippen LogP contribution in [0.25, 0.3) is 10.8 Å². The van der Waals surface area contributed by atoms with Crippen molar-refractivity contribution in [1.82, 2.24) is 10.6 Å². The molecule has 10 heteroatoms. The maximum Gasteiger partial charge on any atom is 0.290 e. The molecule has 2 aromatic rings. The van der Waals surface area contributed by atoms with Crippen LogP contribution in [0.2, 0.25) is 0 Å². The number of hydrogen-bond donors (Lipinski definition) is 5. The summed E-state index contributed by atoms with van der Waals surface area (Å²) in [5.41, 5.74) is 6.39. The van der Waals surface area contributed by atoms with Gasteiger partial charge < -0.3 is 31.5 Å². The van der Waals surface area contributed by atoms with E-state index in [2.05, 4.69) is 16.0 Å². The lowest BCUT2D eigenvalue weighted by molar-refractivity contribution is -0.132. The fraction of sp³-hybridized carbons (Fsp3) is 0.391. The molecule has 10 nitrogen and oxygen atoms in total. The molecule has 0 radical (unpaired) electrons. The van der Waals surface area contributed by atoms with E-state index >= 15 is 0 Å². The van der Waals surface area contributed by atoms with Gasteiger partial charge in [-0.05, 0) is 24.3 Å². The van der Waals surface area contributed by atoms with Crippen LogP contribution in [-0.2, 0) is 23.9 Å². The summed E-state index contributed by atoms with van der Waals surface area (Å²) in [4.78, 5) is 45.9. The Morgan fingerprint density at radius 1 is 1.00 bits per heavy atom. The van der Waals surface area contributed by atoms with Gasteiger partial charge in [0.2, 0.25) is 17.7 Å². The Balaban J connectivity index is 0.00000172. The van der Waals surface area contributed by atoms with Gasteiger partial charge in [-0.2, -0.15) is 0 Å². The van der Waals surface area contributed by atoms with Crippen molar-refractivity contribution in [3.8, 4) is 0 Å². The third-order valence-electron chi connectivity index (χ3n) is 4.73. The minimum absolute atomic E-state index is 0.0438. The second kappa shape index (κ2) is 13.8. The Labute approximate surface area is 192 Å². The zero-order valence-corrected chi connectivity index (χ0v) is 19.2. The molecule has 0 heterocycles. The van der Waals surface area contributed by atoms with Crippen molar-refractivity contribution in [2.75, 3.05) is 19.0 Å². The molecule has 0 spiro atoms. The van der Waals surface area contributed by atoms with E-state index in [1.807, 2.05) is 42.5 Å². The van der Waals surface area contributed by atoms with Gasteiger partial charge >= 0.3 is 0 Å². The molecule has 2 rings (SSSR count). The number of nitrogens with two attached hydrogens (primary N) is 1. The number of anilines is 1. The lowest BCUT2D eigenvalue weighted by Crippen LogP contribution is -2.56. The highest BCUT2D eigenvalue weighted by Crippen LogP contribution is 2.23. The summed E-state index contributed by atoms with van der Waals surface area (Å²) in [7, 11) is 1.44. The highest BCUT2D eigenvalue weighted by Gasteiger charge is 2.28. The molecule has 3 amide bonds. The van der Waals surface area contributed by atoms with Crippen LogP contribution in [0, 0.1) is 5.92 Å². The Kier molecular flexibility index (Phi) is 11.5. The predicted molar refractivity (Wildman–Crippen MR) is 125 cm³/mol. The van der Waals surface area contributed by atoms with E-state index in [1.165, 1.54) is 7.11 Å². The van der Waals surface area contributed by atoms with Crippen molar-refractivity contribution in [2.24, 2.45) is 11.7 Å². The summed E-state index contributed by atoms with van der Waals surface area (Å²) in [5, 5.41) is 17.0. The van der Waals surface area contributed by atoms with Gasteiger partial charge in [0.05, 0.1) is 6.61 Å². The van der Waals surface area contributed by atoms with Crippen LogP contribution in [0.4, 0.5) is 5.69 Å². The molecule has 0 unspecified atom stereocenters. The average Bonchev–Trinajstić information content (AvgIpc) is 2.77. The van der Waals surface area contributed by atoms with Gasteiger partial charge in [-0.25, -0.2) is 0 Å². The SMILES string of the molecule is COC[C@H](N)C(=O)N[C@H](C(=O)N[C@@H](C)C(=O)Nc1cccc2ccccc12)C(C)C.O=CO. The minimum atomic E-state index is -0.879. The van der Waals surface area contributed by atoms with Gasteiger partial charge in [0.1, 0.15) is 18.1 Å². The Bertz CT molecular complexity index is 944. The molecule has 0 aliphatic carbocycles. The lowest BCUT2D eigenvalue weighted by Gasteiger charge is -2.25. The van der Waals surface area contributed by atoms with Crippen LogP contribution in [0.15, 0.2) is 42.5 Å². The standard InChI is InChI=1S/C22H30N4O4.CH2O2/c1-13(2)19(26-21(28)17(23)12-30-4)22(29)24-14(3)20(27)25-18-11-7-9-15-8-5-6-10-16(15)18;2-1-3/h5-11,13-14,17,19H,12,23H2,1-4H3,(H,24,29)(H,25,27)(H,26,28);1H,(H,2,3)/t14-,17-,19-;/m0./s1. The molecule has 6 N–H and O–H groups in total. The number of carboxylic acid groups (broad SMARTS) is 1. The number of amides is 3. The van der Waals surface area contributed by atoms with Crippen LogP contribution in [-0.4, -0.2) is 61.1 Å². The molecule has 0 bridgehead atoms. The van der Waals surface area contributed by atoms with Gasteiger partial charge in [0, 0.05) is 18.2 Å². The lowest BCUT2D eigenvalue weighted by atomic mass is 10.0. The molecule has 0 aliphatic heterocycles. The number of fused-ring (bicyclic) bond motifs is 1. The van der Waals surface area contributed by atoms with E-state index < -0.39 is 29.9 Å². The molecule has 3 atom stereocenters. The second-order valence-electron chi connectivity index (χ2n) is 7.64. The van der Waals surface area contributed by atoms with Gasteiger partial charge in [0.25, 0.3) is 6.47 Å². The van der Waals surface area contributed by atoms with Gasteiger partial charge in [0.15, 0.2) is 0 Å². The number of benzene rings is 2. The molecule has 33 heavy (non-hydrogen) atoms. The number of carbonyl (C=O) groups is 4. The molecule has 2 aromatic carbocycles. The van der Waals surface area contributed by atoms with Gasteiger partial charge in [-0.1, -0.05) is 50.2 Å². The van der Waals surface area contributed by atoms with E-state index in [1.54, 1.807) is 20.8 Å². The van der Waals surface area contributed by atoms with Gasteiger partial charge in [-0.15, -0.1) is 0 Å². The smallest absolute Gasteiger partial charge is 0.290 e. The molecular formula is C23H32N4O6. The van der Waals surface area contributed by atoms with E-state index in [4.69, 9.17) is 20.4 Å². The maximum absolute atomic E-state index is 12.7. The number of hydrogen-bond acceptors (Lipinski definition) is 6. The third-order valence-corrected chi connectivity index (χ3v) is 4.73. The normalized spacial score (nSPS) is 13.2. The summed E-state index contributed by atoms with van der Waals surface area (Å²) in [6.45, 7) is 4.98. The van der Waals surface area contributed by atoms with E-state index in [0.717, 1.165) is 10.8 Å². The topological polar surface area (TPSA) is 160 Å². The highest BCUT2D eigenvalue weighted by atomic mass is 16.5. The fourth-order valence-electron chi connectivity index (χ4n) is 2.99. The molecule has 0 aromatic heterocycles. The first-order chi connectivity index (χ1) is 15.7. The zero-order chi connectivity index (χ0) is 25.0. The zero-order valence-electron chi connectivity index (χ0n) is 19.2. The monoisotopic (exact) mass is 460 g/mol. The first kappa shape index (κ1) is 27.5. The minimum Gasteiger partial charge on any atom is -0.483 e. The number of nitrogens with one attached hydrogen (secondary N) is 3. The van der Waals surface area contributed by atoms with Crippen LogP contribution in [0.5, 0.6) is 0 Å². The first-order valence-corrected chi connectivity index (χ1v) is 10.4. The third kappa shape index (κ3) is 8.51. The second-order valence-corrected chi connectivity index (χ2v) is 7.64. The van der Waals surface area contributed by atoms with E-state index in [9.17, 15) is 14.4 Å². The predicted octanol–water partition coefficient (Wildman–Crippen LogP) is 1.10. The van der Waals surface area contributed by atoms with Crippen molar-refractivity contribution in [3.05, 3.63) is 42.5 Å². The molecule has 0 aliphatic rings. The molecule has 0 fully saturated rings. The summed E-state index contributed by atoms with van der Waals surface area (Å²) < 4.78 is 4.87. The Morgan fingerprint density at radius 3 is 2.21 bits per heavy atom. The summed E-state index contributed by atoms with van der Waals surface area (Å²) in [6.07, 6.45) is 0. The summed E-state index contributed by atoms with van der Waals surface area (Å²) in [6, 6.07) is 10.8. The first-order valence-electron chi connectivity index (χ1n) is 10.4. The van der Waals surface area contributed by atoms with Crippen molar-refractivity contribution in [3.63, 3.8) is 0 Å². The van der Waals surface area contributed by atoms with Crippen LogP contribution >= 0.6 is 0 Å². The number of ether oxygens (including phenoxy) is 1. The number of carbonyl (C=O) groups excluding carboxylic acids is 3. The molecular weight excluding hydrogens is 428 g/mol. The summed E-state index contributed by atoms with van der Waals surface area (Å²) in [5.74, 6) is -1.50. The van der Waals surface area contributed by atoms with Gasteiger partial charge in [-0.3, -0.25) is 19.2 Å². The summed E-state index contributed by atoms with van der Waals surface area (Å²) >= 11 is 0. The van der Waals surface area contributed by atoms with Crippen LogP contribution in [0.1, 0.15) is 20.8 Å². The largest absolute Gasteiger partial charge is 0.483 e. The quantitative estimate of drug-likeness (QED) is 0.350. The van der Waals surface area contributed by atoms with Crippen LogP contribution < -0.4 is 21.7 Å². The van der Waals surface area contributed by atoms with Crippen LogP contribution in [0.3, 0.4) is 0 Å². The average molecular weight is 461 g/mol. The Hall–Kier alpha value is -3.50. The van der Waals surface area contributed by atoms with Crippen molar-refractivity contribution >= 4 is 40.7 Å². The van der Waals surface area contributed by atoms with Crippen molar-refractivity contribution in [1.29, 1.82) is 0 Å². The Morgan fingerprint density at radius 2 is 1.61 bits per heavy atom. The van der Waals surface area contributed by atoms with Crippen molar-refractivity contribution in [2.45, 2.75) is 38.9 Å². The molecule has 0 saturated carbocycles. The highest BCUT2D eigenvalue weighted by molar-refractivity contribution is 6.04. The molecule has 0 saturated heterocycles. The van der Waals surface area contributed by atoms with Crippen molar-refractivity contribution < 1.29 is 29.0 Å². The number of rotatable bonds is 9. The maximum atomic E-state index is 12.7. The number of methoxy groups -OCH3 is 1. The fourth-order valence-corrected chi connectivity index (χ4v) is 2.99.